The fourth-order valence-corrected chi connectivity index (χ4v) is 4.79. The van der Waals surface area contributed by atoms with Crippen LogP contribution >= 0.6 is 35.4 Å². The van der Waals surface area contributed by atoms with Crippen molar-refractivity contribution in [2.75, 3.05) is 4.90 Å². The molecule has 2 aromatic heterocycles. The summed E-state index contributed by atoms with van der Waals surface area (Å²) in [5.74, 6) is -0.451. The number of anilines is 1. The largest absolute Gasteiger partial charge is 0.506 e. The molecule has 9 heteroatoms. The minimum Gasteiger partial charge on any atom is -0.506 e. The summed E-state index contributed by atoms with van der Waals surface area (Å²) >= 11 is 18.0. The van der Waals surface area contributed by atoms with Crippen LogP contribution in [0, 0.1) is 5.82 Å². The highest BCUT2D eigenvalue weighted by Gasteiger charge is 2.43. The van der Waals surface area contributed by atoms with Gasteiger partial charge in [0.2, 0.25) is 0 Å². The average molecular weight is 499 g/mol. The number of aromatic nitrogens is 2. The van der Waals surface area contributed by atoms with Gasteiger partial charge in [0, 0.05) is 28.8 Å². The van der Waals surface area contributed by atoms with Gasteiger partial charge in [-0.15, -0.1) is 0 Å². The number of phenols is 1. The third-order valence-corrected chi connectivity index (χ3v) is 6.40. The summed E-state index contributed by atoms with van der Waals surface area (Å²) in [5.41, 5.74) is 2.77. The molecule has 0 unspecified atom stereocenters. The number of rotatable bonds is 4. The van der Waals surface area contributed by atoms with Crippen LogP contribution < -0.4 is 10.2 Å². The monoisotopic (exact) mass is 498 g/mol. The molecule has 3 heterocycles. The van der Waals surface area contributed by atoms with E-state index in [1.165, 1.54) is 12.1 Å². The van der Waals surface area contributed by atoms with Crippen LogP contribution in [-0.4, -0.2) is 19.8 Å². The Morgan fingerprint density at radius 1 is 1.03 bits per heavy atom. The molecule has 0 saturated carbocycles. The molecular formula is C24H17Cl2FN4OS. The van der Waals surface area contributed by atoms with Crippen LogP contribution in [-0.2, 0) is 0 Å². The number of nitrogens with zero attached hydrogens (tertiary/aromatic N) is 3. The lowest BCUT2D eigenvalue weighted by atomic mass is 10.0. The van der Waals surface area contributed by atoms with E-state index >= 15 is 0 Å². The Hall–Kier alpha value is -3.13. The molecule has 0 radical (unpaired) electrons. The summed E-state index contributed by atoms with van der Waals surface area (Å²) in [7, 11) is 0. The first-order chi connectivity index (χ1) is 15.9. The maximum absolute atomic E-state index is 13.8. The lowest BCUT2D eigenvalue weighted by Gasteiger charge is -2.29. The van der Waals surface area contributed by atoms with Gasteiger partial charge >= 0.3 is 0 Å². The molecular weight excluding hydrogens is 482 g/mol. The van der Waals surface area contributed by atoms with Crippen molar-refractivity contribution in [3.8, 4) is 11.4 Å². The maximum atomic E-state index is 13.8. The maximum Gasteiger partial charge on any atom is 0.174 e. The van der Waals surface area contributed by atoms with Crippen LogP contribution in [0.25, 0.3) is 5.69 Å². The predicted octanol–water partition coefficient (Wildman–Crippen LogP) is 6.20. The molecule has 1 aliphatic heterocycles. The molecule has 1 fully saturated rings. The number of phenolic OH excluding ortho intramolecular Hbond substituents is 1. The van der Waals surface area contributed by atoms with Gasteiger partial charge in [0.05, 0.1) is 22.4 Å². The van der Waals surface area contributed by atoms with E-state index in [4.69, 9.17) is 35.4 Å². The normalized spacial score (nSPS) is 17.9. The number of hydrogen-bond donors (Lipinski definition) is 2. The molecule has 1 saturated heterocycles. The summed E-state index contributed by atoms with van der Waals surface area (Å²) in [6, 6.07) is 18.1. The minimum atomic E-state index is -0.491. The van der Waals surface area contributed by atoms with Crippen molar-refractivity contribution in [2.24, 2.45) is 0 Å². The fourth-order valence-electron chi connectivity index (χ4n) is 4.11. The second-order valence-electron chi connectivity index (χ2n) is 7.53. The zero-order valence-corrected chi connectivity index (χ0v) is 19.3. The molecule has 2 atom stereocenters. The highest BCUT2D eigenvalue weighted by Crippen LogP contribution is 2.45. The number of halogens is 3. The number of pyridine rings is 1. The molecule has 0 bridgehead atoms. The lowest BCUT2D eigenvalue weighted by Crippen LogP contribution is -2.30. The second-order valence-corrected chi connectivity index (χ2v) is 8.76. The standard InChI is InChI=1S/C24H17Cl2FN4OS/c25-14-6-9-21(32)20(12-14)31-23(22(29-24(31)33)18-4-1-2-10-28-18)19-5-3-11-30(19)15-7-8-17(27)16(26)13-15/h1-13,22-23,32H,(H,29,33)/t22-,23-/m1/s1. The topological polar surface area (TPSA) is 53.3 Å². The van der Waals surface area contributed by atoms with Crippen molar-refractivity contribution in [3.05, 3.63) is 106 Å². The Morgan fingerprint density at radius 2 is 1.88 bits per heavy atom. The quantitative estimate of drug-likeness (QED) is 0.328. The number of benzene rings is 2. The average Bonchev–Trinajstić information content (AvgIpc) is 3.42. The highest BCUT2D eigenvalue weighted by atomic mass is 35.5. The predicted molar refractivity (Wildman–Crippen MR) is 132 cm³/mol. The first-order valence-corrected chi connectivity index (χ1v) is 11.2. The molecule has 0 amide bonds. The van der Waals surface area contributed by atoms with Gasteiger partial charge < -0.3 is 19.9 Å². The first-order valence-electron chi connectivity index (χ1n) is 10.1. The van der Waals surface area contributed by atoms with Gasteiger partial charge in [-0.05, 0) is 72.9 Å². The van der Waals surface area contributed by atoms with Crippen molar-refractivity contribution in [1.82, 2.24) is 14.9 Å². The van der Waals surface area contributed by atoms with Crippen LogP contribution in [0.5, 0.6) is 5.75 Å². The van der Waals surface area contributed by atoms with E-state index < -0.39 is 11.9 Å². The molecule has 2 N–H and O–H groups in total. The van der Waals surface area contributed by atoms with Gasteiger partial charge in [0.25, 0.3) is 0 Å². The third-order valence-electron chi connectivity index (χ3n) is 5.56. The molecule has 5 nitrogen and oxygen atoms in total. The number of aromatic hydroxyl groups is 1. The lowest BCUT2D eigenvalue weighted by molar-refractivity contribution is 0.472. The van der Waals surface area contributed by atoms with Crippen molar-refractivity contribution < 1.29 is 9.50 Å². The fraction of sp³-hybridized carbons (Fsp3) is 0.0833. The molecule has 166 valence electrons. The summed E-state index contributed by atoms with van der Waals surface area (Å²) in [4.78, 5) is 6.36. The van der Waals surface area contributed by atoms with Crippen molar-refractivity contribution in [3.63, 3.8) is 0 Å². The van der Waals surface area contributed by atoms with Crippen molar-refractivity contribution in [2.45, 2.75) is 12.1 Å². The first kappa shape index (κ1) is 21.7. The van der Waals surface area contributed by atoms with E-state index in [0.717, 1.165) is 11.4 Å². The minimum absolute atomic E-state index is 0.0258. The summed E-state index contributed by atoms with van der Waals surface area (Å²) in [6.07, 6.45) is 3.58. The molecule has 0 spiro atoms. The SMILES string of the molecule is Oc1ccc(Cl)cc1N1C(=S)N[C@H](c2ccccn2)[C@H]1c1cccn1-c1ccc(F)c(Cl)c1. The molecule has 2 aromatic carbocycles. The molecule has 4 aromatic rings. The number of thiocarbonyl (C=S) groups is 1. The zero-order valence-electron chi connectivity index (χ0n) is 17.0. The van der Waals surface area contributed by atoms with Gasteiger partial charge in [0.15, 0.2) is 5.11 Å². The van der Waals surface area contributed by atoms with Gasteiger partial charge in [-0.3, -0.25) is 4.98 Å². The van der Waals surface area contributed by atoms with Gasteiger partial charge in [-0.1, -0.05) is 29.3 Å². The zero-order chi connectivity index (χ0) is 23.1. The number of nitrogens with one attached hydrogen (secondary N) is 1. The Balaban J connectivity index is 1.70. The molecule has 33 heavy (non-hydrogen) atoms. The van der Waals surface area contributed by atoms with Gasteiger partial charge in [0.1, 0.15) is 17.6 Å². The van der Waals surface area contributed by atoms with Crippen LogP contribution in [0.2, 0.25) is 10.0 Å². The van der Waals surface area contributed by atoms with Gasteiger partial charge in [-0.25, -0.2) is 4.39 Å². The highest BCUT2D eigenvalue weighted by molar-refractivity contribution is 7.80. The summed E-state index contributed by atoms with van der Waals surface area (Å²) < 4.78 is 15.7. The van der Waals surface area contributed by atoms with Gasteiger partial charge in [-0.2, -0.15) is 0 Å². The van der Waals surface area contributed by atoms with E-state index in [0.29, 0.717) is 21.5 Å². The molecule has 0 aliphatic carbocycles. The van der Waals surface area contributed by atoms with Crippen molar-refractivity contribution >= 4 is 46.2 Å². The Labute approximate surface area is 205 Å². The molecule has 5 rings (SSSR count). The number of hydrogen-bond acceptors (Lipinski definition) is 3. The Morgan fingerprint density at radius 3 is 2.64 bits per heavy atom. The molecule has 1 aliphatic rings. The van der Waals surface area contributed by atoms with E-state index in [1.54, 1.807) is 30.5 Å². The van der Waals surface area contributed by atoms with Crippen LogP contribution in [0.15, 0.2) is 79.1 Å². The third kappa shape index (κ3) is 3.93. The summed E-state index contributed by atoms with van der Waals surface area (Å²) in [6.45, 7) is 0. The van der Waals surface area contributed by atoms with Crippen LogP contribution in [0.1, 0.15) is 23.5 Å². The Bertz CT molecular complexity index is 1350. The van der Waals surface area contributed by atoms with E-state index in [-0.39, 0.29) is 16.8 Å². The summed E-state index contributed by atoms with van der Waals surface area (Å²) in [5, 5.41) is 14.9. The van der Waals surface area contributed by atoms with E-state index in [2.05, 4.69) is 10.3 Å². The van der Waals surface area contributed by atoms with Crippen LogP contribution in [0.3, 0.4) is 0 Å². The van der Waals surface area contributed by atoms with E-state index in [1.807, 2.05) is 46.0 Å². The van der Waals surface area contributed by atoms with Crippen molar-refractivity contribution in [1.29, 1.82) is 0 Å². The van der Waals surface area contributed by atoms with E-state index in [9.17, 15) is 9.50 Å². The Kier molecular flexibility index (Phi) is 5.70. The smallest absolute Gasteiger partial charge is 0.174 e. The second kappa shape index (κ2) is 8.67. The van der Waals surface area contributed by atoms with Crippen LogP contribution in [0.4, 0.5) is 10.1 Å².